The topological polar surface area (TPSA) is 84.9 Å². The third-order valence-electron chi connectivity index (χ3n) is 3.38. The van der Waals surface area contributed by atoms with Crippen molar-refractivity contribution in [2.45, 2.75) is 39.7 Å². The summed E-state index contributed by atoms with van der Waals surface area (Å²) in [6.07, 6.45) is -1.03. The number of amides is 2. The predicted octanol–water partition coefficient (Wildman–Crippen LogP) is 2.42. The zero-order valence-corrected chi connectivity index (χ0v) is 16.5. The van der Waals surface area contributed by atoms with E-state index in [1.54, 1.807) is 27.7 Å². The Balaban J connectivity index is 2.73. The predicted molar refractivity (Wildman–Crippen MR) is 97.5 cm³/mol. The lowest BCUT2D eigenvalue weighted by Crippen LogP contribution is -2.43. The second kappa shape index (κ2) is 10.6. The van der Waals surface area contributed by atoms with E-state index in [1.165, 1.54) is 6.07 Å². The van der Waals surface area contributed by atoms with Crippen LogP contribution in [0.5, 0.6) is 0 Å². The van der Waals surface area contributed by atoms with Crippen molar-refractivity contribution in [1.82, 2.24) is 10.2 Å². The summed E-state index contributed by atoms with van der Waals surface area (Å²) in [7, 11) is 0. The van der Waals surface area contributed by atoms with Gasteiger partial charge in [0, 0.05) is 19.2 Å². The van der Waals surface area contributed by atoms with E-state index >= 15 is 0 Å². The molecule has 0 fully saturated rings. The van der Waals surface area contributed by atoms with Crippen molar-refractivity contribution >= 4 is 18.0 Å². The van der Waals surface area contributed by atoms with Crippen molar-refractivity contribution in [3.05, 3.63) is 35.4 Å². The number of carbonyl (C=O) groups excluding carboxylic acids is 3. The molecule has 0 aliphatic rings. The first-order chi connectivity index (χ1) is 13.0. The molecule has 9 heteroatoms. The van der Waals surface area contributed by atoms with Crippen LogP contribution in [0.15, 0.2) is 18.2 Å². The third kappa shape index (κ3) is 8.79. The summed E-state index contributed by atoms with van der Waals surface area (Å²) in [5, 5.41) is 2.48. The largest absolute Gasteiger partial charge is 0.465 e. The summed E-state index contributed by atoms with van der Waals surface area (Å²) in [4.78, 5) is 37.1. The molecule has 0 radical (unpaired) electrons. The highest BCUT2D eigenvalue weighted by molar-refractivity contribution is 5.83. The first kappa shape index (κ1) is 23.3. The van der Waals surface area contributed by atoms with Crippen LogP contribution < -0.4 is 5.32 Å². The van der Waals surface area contributed by atoms with Crippen molar-refractivity contribution in [2.75, 3.05) is 26.2 Å². The fourth-order valence-corrected chi connectivity index (χ4v) is 2.20. The highest BCUT2D eigenvalue weighted by Gasteiger charge is 2.21. The molecule has 0 saturated carbocycles. The molecule has 0 aliphatic heterocycles. The minimum atomic E-state index is -0.851. The van der Waals surface area contributed by atoms with E-state index in [-0.39, 0.29) is 38.2 Å². The Labute approximate surface area is 163 Å². The molecule has 0 heterocycles. The summed E-state index contributed by atoms with van der Waals surface area (Å²) in [6, 6.07) is 2.90. The molecule has 0 unspecified atom stereocenters. The summed E-state index contributed by atoms with van der Waals surface area (Å²) >= 11 is 0. The molecule has 156 valence electrons. The second-order valence-electron chi connectivity index (χ2n) is 6.96. The summed E-state index contributed by atoms with van der Waals surface area (Å²) in [6.45, 7) is 6.55. The fraction of sp³-hybridized carbons (Fsp3) is 0.526. The van der Waals surface area contributed by atoms with Crippen LogP contribution >= 0.6 is 0 Å². The molecule has 0 aromatic heterocycles. The van der Waals surface area contributed by atoms with Gasteiger partial charge < -0.3 is 19.7 Å². The van der Waals surface area contributed by atoms with Crippen LogP contribution in [0, 0.1) is 11.6 Å². The molecule has 0 aliphatic carbocycles. The summed E-state index contributed by atoms with van der Waals surface area (Å²) in [5.74, 6) is -2.80. The smallest absolute Gasteiger partial charge is 0.407 e. The van der Waals surface area contributed by atoms with Gasteiger partial charge in [0.25, 0.3) is 0 Å². The number of hydrogen-bond donors (Lipinski definition) is 1. The summed E-state index contributed by atoms with van der Waals surface area (Å²) in [5.41, 5.74) is -0.676. The normalized spacial score (nSPS) is 10.9. The van der Waals surface area contributed by atoms with E-state index in [1.807, 2.05) is 0 Å². The number of halogens is 2. The van der Waals surface area contributed by atoms with Crippen molar-refractivity contribution < 1.29 is 32.6 Å². The van der Waals surface area contributed by atoms with E-state index < -0.39 is 35.2 Å². The first-order valence-electron chi connectivity index (χ1n) is 8.86. The highest BCUT2D eigenvalue weighted by atomic mass is 19.1. The van der Waals surface area contributed by atoms with Gasteiger partial charge in [-0.3, -0.25) is 9.59 Å². The number of nitrogens with one attached hydrogen (secondary N) is 1. The molecule has 0 saturated heterocycles. The number of nitrogens with zero attached hydrogens (tertiary/aromatic N) is 1. The van der Waals surface area contributed by atoms with E-state index in [0.717, 1.165) is 11.0 Å². The van der Waals surface area contributed by atoms with Gasteiger partial charge in [0.1, 0.15) is 23.8 Å². The lowest BCUT2D eigenvalue weighted by atomic mass is 10.1. The Morgan fingerprint density at radius 1 is 1.18 bits per heavy atom. The maximum atomic E-state index is 13.8. The van der Waals surface area contributed by atoms with E-state index in [2.05, 4.69) is 5.32 Å². The fourth-order valence-electron chi connectivity index (χ4n) is 2.20. The first-order valence-corrected chi connectivity index (χ1v) is 8.86. The lowest BCUT2D eigenvalue weighted by Gasteiger charge is -2.23. The number of carbonyl (C=O) groups is 3. The van der Waals surface area contributed by atoms with Gasteiger partial charge in [0.2, 0.25) is 5.91 Å². The number of rotatable bonds is 8. The van der Waals surface area contributed by atoms with Crippen LogP contribution in [0.2, 0.25) is 0 Å². The molecule has 0 atom stereocenters. The van der Waals surface area contributed by atoms with Crippen LogP contribution in [0.1, 0.15) is 33.3 Å². The van der Waals surface area contributed by atoms with Crippen LogP contribution in [0.25, 0.3) is 0 Å². The van der Waals surface area contributed by atoms with Gasteiger partial charge in [-0.05, 0) is 39.3 Å². The SMILES string of the molecule is CCOC(=O)CN(CCNC(=O)OC(C)(C)C)C(=O)Cc1ccc(F)cc1F. The van der Waals surface area contributed by atoms with Crippen molar-refractivity contribution in [3.8, 4) is 0 Å². The average molecular weight is 400 g/mol. The van der Waals surface area contributed by atoms with Crippen molar-refractivity contribution in [2.24, 2.45) is 0 Å². The highest BCUT2D eigenvalue weighted by Crippen LogP contribution is 2.12. The quantitative estimate of drug-likeness (QED) is 0.678. The zero-order valence-electron chi connectivity index (χ0n) is 16.5. The maximum absolute atomic E-state index is 13.8. The molecule has 0 spiro atoms. The van der Waals surface area contributed by atoms with Crippen molar-refractivity contribution in [1.29, 1.82) is 0 Å². The number of hydrogen-bond acceptors (Lipinski definition) is 5. The van der Waals surface area contributed by atoms with Gasteiger partial charge in [-0.15, -0.1) is 0 Å². The second-order valence-corrected chi connectivity index (χ2v) is 6.96. The molecule has 1 aromatic rings. The standard InChI is InChI=1S/C19H26F2N2O5/c1-5-27-17(25)12-23(9-8-22-18(26)28-19(2,3)4)16(24)10-13-6-7-14(20)11-15(13)21/h6-7,11H,5,8-10,12H2,1-4H3,(H,22,26). The van der Waals surface area contributed by atoms with Gasteiger partial charge in [0.15, 0.2) is 0 Å². The summed E-state index contributed by atoms with van der Waals surface area (Å²) < 4.78 is 36.7. The van der Waals surface area contributed by atoms with Gasteiger partial charge in [-0.2, -0.15) is 0 Å². The molecule has 28 heavy (non-hydrogen) atoms. The van der Waals surface area contributed by atoms with Gasteiger partial charge in [0.05, 0.1) is 13.0 Å². The molecular formula is C19H26F2N2O5. The Kier molecular flexibility index (Phi) is 8.81. The molecule has 0 bridgehead atoms. The monoisotopic (exact) mass is 400 g/mol. The average Bonchev–Trinajstić information content (AvgIpc) is 2.55. The van der Waals surface area contributed by atoms with E-state index in [4.69, 9.17) is 9.47 Å². The van der Waals surface area contributed by atoms with Gasteiger partial charge in [-0.25, -0.2) is 13.6 Å². The van der Waals surface area contributed by atoms with E-state index in [0.29, 0.717) is 6.07 Å². The molecule has 1 aromatic carbocycles. The minimum absolute atomic E-state index is 0.000334. The molecule has 1 rings (SSSR count). The molecule has 7 nitrogen and oxygen atoms in total. The third-order valence-corrected chi connectivity index (χ3v) is 3.38. The van der Waals surface area contributed by atoms with Crippen LogP contribution in [-0.2, 0) is 25.5 Å². The number of ether oxygens (including phenoxy) is 2. The lowest BCUT2D eigenvalue weighted by molar-refractivity contribution is -0.148. The Bertz CT molecular complexity index is 704. The van der Waals surface area contributed by atoms with Crippen LogP contribution in [0.4, 0.5) is 13.6 Å². The van der Waals surface area contributed by atoms with E-state index in [9.17, 15) is 23.2 Å². The van der Waals surface area contributed by atoms with Crippen LogP contribution in [-0.4, -0.2) is 54.7 Å². The van der Waals surface area contributed by atoms with Crippen LogP contribution in [0.3, 0.4) is 0 Å². The Morgan fingerprint density at radius 3 is 2.43 bits per heavy atom. The number of benzene rings is 1. The number of alkyl carbamates (subject to hydrolysis) is 1. The molecule has 1 N–H and O–H groups in total. The van der Waals surface area contributed by atoms with Gasteiger partial charge in [-0.1, -0.05) is 6.07 Å². The Hall–Kier alpha value is -2.71. The zero-order chi connectivity index (χ0) is 21.3. The maximum Gasteiger partial charge on any atom is 0.407 e. The number of esters is 1. The van der Waals surface area contributed by atoms with Gasteiger partial charge >= 0.3 is 12.1 Å². The minimum Gasteiger partial charge on any atom is -0.465 e. The molecular weight excluding hydrogens is 374 g/mol. The Morgan fingerprint density at radius 2 is 1.86 bits per heavy atom. The molecule has 2 amide bonds. The van der Waals surface area contributed by atoms with Crippen molar-refractivity contribution in [3.63, 3.8) is 0 Å².